The van der Waals surface area contributed by atoms with Crippen LogP contribution in [0.3, 0.4) is 0 Å². The van der Waals surface area contributed by atoms with E-state index < -0.39 is 10.0 Å². The van der Waals surface area contributed by atoms with E-state index in [-0.39, 0.29) is 23.3 Å². The summed E-state index contributed by atoms with van der Waals surface area (Å²) in [6.07, 6.45) is 1.68. The molecule has 1 N–H and O–H groups in total. The van der Waals surface area contributed by atoms with Crippen LogP contribution in [0.25, 0.3) is 10.9 Å². The molecule has 0 unspecified atom stereocenters. The zero-order chi connectivity index (χ0) is 18.3. The number of aryl methyl sites for hydroxylation is 1. The summed E-state index contributed by atoms with van der Waals surface area (Å²) in [6.45, 7) is 2.62. The van der Waals surface area contributed by atoms with Gasteiger partial charge in [0.2, 0.25) is 10.0 Å². The fourth-order valence-corrected chi connectivity index (χ4v) is 6.16. The molecule has 2 atom stereocenters. The van der Waals surface area contributed by atoms with Gasteiger partial charge in [0.1, 0.15) is 0 Å². The maximum Gasteiger partial charge on any atom is 0.243 e. The maximum atomic E-state index is 13.4. The summed E-state index contributed by atoms with van der Waals surface area (Å²) in [4.78, 5) is 4.63. The number of thiophene rings is 1. The highest BCUT2D eigenvalue weighted by Gasteiger charge is 2.40. The molecule has 1 aromatic carbocycles. The Labute approximate surface area is 157 Å². The summed E-state index contributed by atoms with van der Waals surface area (Å²) >= 11 is 1.59. The Balaban J connectivity index is 1.75. The molecule has 1 aliphatic rings. The van der Waals surface area contributed by atoms with Crippen molar-refractivity contribution in [3.63, 3.8) is 0 Å². The largest absolute Gasteiger partial charge is 0.396 e. The van der Waals surface area contributed by atoms with Gasteiger partial charge in [0, 0.05) is 43.1 Å². The van der Waals surface area contributed by atoms with Crippen molar-refractivity contribution in [3.8, 4) is 0 Å². The van der Waals surface area contributed by atoms with Crippen molar-refractivity contribution in [2.75, 3.05) is 19.7 Å². The van der Waals surface area contributed by atoms with Gasteiger partial charge in [0.25, 0.3) is 0 Å². The molecule has 1 fully saturated rings. The van der Waals surface area contributed by atoms with Crippen LogP contribution in [0.15, 0.2) is 52.2 Å². The standard InChI is InChI=1S/C19H20N2O3S2/c1-13-4-5-18(16-3-2-7-20-19(13)16)26(23,24)21-9-15(11-22)17(10-21)14-6-8-25-12-14/h2-8,12,15,17,22H,9-11H2,1H3/t15-,17+/m1/s1. The first-order valence-electron chi connectivity index (χ1n) is 8.50. The summed E-state index contributed by atoms with van der Waals surface area (Å²) in [6, 6.07) is 9.05. The molecule has 0 bridgehead atoms. The van der Waals surface area contributed by atoms with Crippen LogP contribution in [-0.4, -0.2) is 42.5 Å². The number of aromatic nitrogens is 1. The zero-order valence-corrected chi connectivity index (χ0v) is 16.0. The highest BCUT2D eigenvalue weighted by molar-refractivity contribution is 7.89. The summed E-state index contributed by atoms with van der Waals surface area (Å²) in [5, 5.41) is 14.4. The molecule has 5 nitrogen and oxygen atoms in total. The van der Waals surface area contributed by atoms with Gasteiger partial charge < -0.3 is 5.11 Å². The molecule has 0 amide bonds. The van der Waals surface area contributed by atoms with Crippen molar-refractivity contribution in [2.45, 2.75) is 17.7 Å². The lowest BCUT2D eigenvalue weighted by molar-refractivity contribution is 0.223. The first kappa shape index (κ1) is 17.6. The molecular formula is C19H20N2O3S2. The minimum Gasteiger partial charge on any atom is -0.396 e. The Morgan fingerprint density at radius 2 is 2.12 bits per heavy atom. The van der Waals surface area contributed by atoms with Gasteiger partial charge in [-0.2, -0.15) is 15.6 Å². The number of hydrogen-bond acceptors (Lipinski definition) is 5. The number of sulfonamides is 1. The topological polar surface area (TPSA) is 70.5 Å². The Morgan fingerprint density at radius 1 is 1.27 bits per heavy atom. The zero-order valence-electron chi connectivity index (χ0n) is 14.4. The molecule has 1 aliphatic heterocycles. The number of pyridine rings is 1. The van der Waals surface area contributed by atoms with Crippen LogP contribution in [-0.2, 0) is 10.0 Å². The predicted octanol–water partition coefficient (Wildman–Crippen LogP) is 3.00. The number of aliphatic hydroxyl groups excluding tert-OH is 1. The quantitative estimate of drug-likeness (QED) is 0.746. The van der Waals surface area contributed by atoms with Gasteiger partial charge >= 0.3 is 0 Å². The second-order valence-electron chi connectivity index (χ2n) is 6.71. The van der Waals surface area contributed by atoms with Gasteiger partial charge in [-0.3, -0.25) is 4.98 Å². The molecule has 7 heteroatoms. The first-order chi connectivity index (χ1) is 12.5. The molecule has 2 aromatic heterocycles. The van der Waals surface area contributed by atoms with Gasteiger partial charge in [0.05, 0.1) is 10.4 Å². The number of benzene rings is 1. The van der Waals surface area contributed by atoms with Crippen LogP contribution in [0.4, 0.5) is 0 Å². The summed E-state index contributed by atoms with van der Waals surface area (Å²) < 4.78 is 28.2. The Morgan fingerprint density at radius 3 is 2.85 bits per heavy atom. The van der Waals surface area contributed by atoms with Crippen LogP contribution in [0.5, 0.6) is 0 Å². The van der Waals surface area contributed by atoms with Crippen molar-refractivity contribution in [3.05, 3.63) is 58.4 Å². The fraction of sp³-hybridized carbons (Fsp3) is 0.316. The Bertz CT molecular complexity index is 1030. The highest BCUT2D eigenvalue weighted by atomic mass is 32.2. The number of fused-ring (bicyclic) bond motifs is 1. The van der Waals surface area contributed by atoms with Crippen LogP contribution >= 0.6 is 11.3 Å². The van der Waals surface area contributed by atoms with E-state index in [0.29, 0.717) is 24.0 Å². The van der Waals surface area contributed by atoms with Crippen LogP contribution in [0.1, 0.15) is 17.0 Å². The van der Waals surface area contributed by atoms with Gasteiger partial charge in [-0.1, -0.05) is 6.07 Å². The van der Waals surface area contributed by atoms with Crippen LogP contribution in [0, 0.1) is 12.8 Å². The van der Waals surface area contributed by atoms with Crippen LogP contribution < -0.4 is 0 Å². The minimum absolute atomic E-state index is 0.0239. The molecule has 1 saturated heterocycles. The van der Waals surface area contributed by atoms with E-state index in [2.05, 4.69) is 4.98 Å². The van der Waals surface area contributed by atoms with Gasteiger partial charge in [0.15, 0.2) is 0 Å². The van der Waals surface area contributed by atoms with Crippen molar-refractivity contribution in [1.82, 2.24) is 9.29 Å². The minimum atomic E-state index is -3.66. The van der Waals surface area contributed by atoms with E-state index in [1.165, 1.54) is 4.31 Å². The summed E-state index contributed by atoms with van der Waals surface area (Å²) in [5.41, 5.74) is 2.76. The molecular weight excluding hydrogens is 368 g/mol. The lowest BCUT2D eigenvalue weighted by Crippen LogP contribution is -2.29. The molecule has 26 heavy (non-hydrogen) atoms. The molecule has 4 rings (SSSR count). The second kappa shape index (κ2) is 6.74. The van der Waals surface area contributed by atoms with E-state index in [9.17, 15) is 13.5 Å². The molecule has 3 aromatic rings. The molecule has 136 valence electrons. The highest BCUT2D eigenvalue weighted by Crippen LogP contribution is 2.37. The van der Waals surface area contributed by atoms with E-state index in [1.54, 1.807) is 41.8 Å². The molecule has 0 radical (unpaired) electrons. The molecule has 0 saturated carbocycles. The van der Waals surface area contributed by atoms with E-state index in [1.807, 2.05) is 23.8 Å². The Kier molecular flexibility index (Phi) is 4.56. The van der Waals surface area contributed by atoms with Gasteiger partial charge in [-0.05, 0) is 53.1 Å². The fourth-order valence-electron chi connectivity index (χ4n) is 3.73. The lowest BCUT2D eigenvalue weighted by Gasteiger charge is -2.18. The van der Waals surface area contributed by atoms with Crippen LogP contribution in [0.2, 0.25) is 0 Å². The second-order valence-corrected chi connectivity index (χ2v) is 9.39. The lowest BCUT2D eigenvalue weighted by atomic mass is 9.92. The summed E-state index contributed by atoms with van der Waals surface area (Å²) in [5.74, 6) is -0.0647. The van der Waals surface area contributed by atoms with Crippen molar-refractivity contribution >= 4 is 32.3 Å². The van der Waals surface area contributed by atoms with E-state index in [0.717, 1.165) is 11.1 Å². The van der Waals surface area contributed by atoms with Crippen molar-refractivity contribution in [1.29, 1.82) is 0 Å². The number of nitrogens with zero attached hydrogens (tertiary/aromatic N) is 2. The molecule has 0 spiro atoms. The number of hydrogen-bond donors (Lipinski definition) is 1. The SMILES string of the molecule is Cc1ccc(S(=O)(=O)N2C[C@H](CO)[C@H](c3ccsc3)C2)c2cccnc12. The first-order valence-corrected chi connectivity index (χ1v) is 10.9. The average Bonchev–Trinajstić information content (AvgIpc) is 3.31. The summed E-state index contributed by atoms with van der Waals surface area (Å²) in [7, 11) is -3.66. The average molecular weight is 389 g/mol. The normalized spacial score (nSPS) is 21.5. The number of aliphatic hydroxyl groups is 1. The van der Waals surface area contributed by atoms with Gasteiger partial charge in [-0.25, -0.2) is 8.42 Å². The monoisotopic (exact) mass is 388 g/mol. The third-order valence-corrected chi connectivity index (χ3v) is 7.75. The Hall–Kier alpha value is -1.80. The molecule has 0 aliphatic carbocycles. The molecule has 3 heterocycles. The third-order valence-electron chi connectivity index (χ3n) is 5.16. The smallest absolute Gasteiger partial charge is 0.243 e. The van der Waals surface area contributed by atoms with E-state index >= 15 is 0 Å². The predicted molar refractivity (Wildman–Crippen MR) is 103 cm³/mol. The van der Waals surface area contributed by atoms with Crippen molar-refractivity contribution in [2.24, 2.45) is 5.92 Å². The van der Waals surface area contributed by atoms with Crippen molar-refractivity contribution < 1.29 is 13.5 Å². The maximum absolute atomic E-state index is 13.4. The number of rotatable bonds is 4. The van der Waals surface area contributed by atoms with E-state index in [4.69, 9.17) is 0 Å². The van der Waals surface area contributed by atoms with Gasteiger partial charge in [-0.15, -0.1) is 0 Å². The third kappa shape index (κ3) is 2.85.